The minimum Gasteiger partial charge on any atom is -0.467 e. The molecular weight excluding hydrogens is 403 g/mol. The second kappa shape index (κ2) is 8.95. The van der Waals surface area contributed by atoms with E-state index in [1.165, 1.54) is 7.11 Å². The lowest BCUT2D eigenvalue weighted by molar-refractivity contribution is -0.142. The molecule has 0 bridgehead atoms. The van der Waals surface area contributed by atoms with Crippen LogP contribution in [0.2, 0.25) is 10.0 Å². The first-order chi connectivity index (χ1) is 13.5. The third-order valence-electron chi connectivity index (χ3n) is 4.08. The van der Waals surface area contributed by atoms with Gasteiger partial charge in [-0.25, -0.2) is 14.6 Å². The van der Waals surface area contributed by atoms with Crippen LogP contribution in [-0.4, -0.2) is 35.1 Å². The van der Waals surface area contributed by atoms with E-state index >= 15 is 0 Å². The first-order valence-electron chi connectivity index (χ1n) is 8.46. The lowest BCUT2D eigenvalue weighted by atomic mass is 10.1. The van der Waals surface area contributed by atoms with Crippen LogP contribution in [0.5, 0.6) is 0 Å². The number of ether oxygens (including phenoxy) is 1. The zero-order valence-corrected chi connectivity index (χ0v) is 16.5. The largest absolute Gasteiger partial charge is 0.467 e. The normalized spacial score (nSPS) is 11.8. The number of nitrogens with zero attached hydrogens (tertiary/aromatic N) is 1. The Hall–Kier alpha value is -2.77. The van der Waals surface area contributed by atoms with Crippen LogP contribution in [0.15, 0.2) is 42.5 Å². The molecule has 0 aliphatic heterocycles. The van der Waals surface area contributed by atoms with Gasteiger partial charge in [-0.3, -0.25) is 0 Å². The van der Waals surface area contributed by atoms with Gasteiger partial charge in [0, 0.05) is 16.5 Å². The molecule has 0 aliphatic rings. The third-order valence-corrected chi connectivity index (χ3v) is 4.67. The highest BCUT2D eigenvalue weighted by atomic mass is 35.5. The van der Waals surface area contributed by atoms with Gasteiger partial charge in [-0.1, -0.05) is 41.4 Å². The number of esters is 1. The fourth-order valence-corrected chi connectivity index (χ4v) is 3.19. The first kappa shape index (κ1) is 20.0. The molecule has 0 spiro atoms. The Labute approximate surface area is 171 Å². The van der Waals surface area contributed by atoms with Crippen molar-refractivity contribution in [2.45, 2.75) is 19.0 Å². The molecule has 0 aliphatic carbocycles. The Bertz CT molecular complexity index is 973. The number of aromatic nitrogens is 2. The SMILES string of the molecule is COC(=O)[C@H](Cc1ccc(Cl)cc1Cl)NC(=O)NCc1nc2ccccc2[nH]1. The number of aromatic amines is 1. The molecule has 0 unspecified atom stereocenters. The number of methoxy groups -OCH3 is 1. The van der Waals surface area contributed by atoms with Crippen LogP contribution in [0.25, 0.3) is 11.0 Å². The molecule has 0 saturated carbocycles. The number of amides is 2. The van der Waals surface area contributed by atoms with Gasteiger partial charge in [0.25, 0.3) is 0 Å². The van der Waals surface area contributed by atoms with Crippen molar-refractivity contribution in [1.82, 2.24) is 20.6 Å². The van der Waals surface area contributed by atoms with E-state index in [-0.39, 0.29) is 13.0 Å². The quantitative estimate of drug-likeness (QED) is 0.532. The summed E-state index contributed by atoms with van der Waals surface area (Å²) in [6.45, 7) is 0.177. The summed E-state index contributed by atoms with van der Waals surface area (Å²) in [6, 6.07) is 11.1. The number of nitrogens with one attached hydrogen (secondary N) is 3. The van der Waals surface area contributed by atoms with Crippen molar-refractivity contribution in [2.24, 2.45) is 0 Å². The number of halogens is 2. The van der Waals surface area contributed by atoms with Crippen molar-refractivity contribution < 1.29 is 14.3 Å². The number of imidazole rings is 1. The summed E-state index contributed by atoms with van der Waals surface area (Å²) in [5, 5.41) is 6.17. The van der Waals surface area contributed by atoms with E-state index in [9.17, 15) is 9.59 Å². The number of rotatable bonds is 6. The number of carbonyl (C=O) groups is 2. The maximum Gasteiger partial charge on any atom is 0.328 e. The smallest absolute Gasteiger partial charge is 0.328 e. The van der Waals surface area contributed by atoms with E-state index in [1.54, 1.807) is 18.2 Å². The Morgan fingerprint density at radius 1 is 1.21 bits per heavy atom. The number of urea groups is 1. The number of hydrogen-bond donors (Lipinski definition) is 3. The second-order valence-electron chi connectivity index (χ2n) is 6.04. The number of carbonyl (C=O) groups excluding carboxylic acids is 2. The van der Waals surface area contributed by atoms with Crippen molar-refractivity contribution in [1.29, 1.82) is 0 Å². The lowest BCUT2D eigenvalue weighted by Crippen LogP contribution is -2.47. The fourth-order valence-electron chi connectivity index (χ4n) is 2.71. The Kier molecular flexibility index (Phi) is 6.38. The van der Waals surface area contributed by atoms with Gasteiger partial charge in [0.1, 0.15) is 11.9 Å². The fraction of sp³-hybridized carbons (Fsp3) is 0.211. The topological polar surface area (TPSA) is 96.1 Å². The van der Waals surface area contributed by atoms with Crippen LogP contribution in [0.1, 0.15) is 11.4 Å². The summed E-state index contributed by atoms with van der Waals surface area (Å²) < 4.78 is 4.78. The number of hydrogen-bond acceptors (Lipinski definition) is 4. The van der Waals surface area contributed by atoms with Crippen molar-refractivity contribution in [3.63, 3.8) is 0 Å². The van der Waals surface area contributed by atoms with Gasteiger partial charge >= 0.3 is 12.0 Å². The summed E-state index contributed by atoms with van der Waals surface area (Å²) in [5.74, 6) is 0.0246. The molecule has 9 heteroatoms. The molecule has 1 aromatic heterocycles. The van der Waals surface area contributed by atoms with Crippen LogP contribution < -0.4 is 10.6 Å². The van der Waals surface area contributed by atoms with E-state index in [1.807, 2.05) is 24.3 Å². The van der Waals surface area contributed by atoms with E-state index in [2.05, 4.69) is 20.6 Å². The molecule has 0 fully saturated rings. The Morgan fingerprint density at radius 2 is 2.00 bits per heavy atom. The van der Waals surface area contributed by atoms with Gasteiger partial charge in [-0.15, -0.1) is 0 Å². The minimum absolute atomic E-state index is 0.167. The number of para-hydroxylation sites is 2. The average Bonchev–Trinajstić information content (AvgIpc) is 3.10. The van der Waals surface area contributed by atoms with E-state index in [0.29, 0.717) is 21.4 Å². The van der Waals surface area contributed by atoms with Crippen molar-refractivity contribution in [2.75, 3.05) is 7.11 Å². The molecule has 2 amide bonds. The van der Waals surface area contributed by atoms with Gasteiger partial charge in [0.05, 0.1) is 24.7 Å². The minimum atomic E-state index is -0.903. The third kappa shape index (κ3) is 4.94. The second-order valence-corrected chi connectivity index (χ2v) is 6.89. The van der Waals surface area contributed by atoms with E-state index in [0.717, 1.165) is 11.0 Å². The van der Waals surface area contributed by atoms with Crippen molar-refractivity contribution in [3.8, 4) is 0 Å². The number of benzene rings is 2. The molecule has 1 heterocycles. The van der Waals surface area contributed by atoms with E-state index < -0.39 is 18.0 Å². The lowest BCUT2D eigenvalue weighted by Gasteiger charge is -2.17. The predicted octanol–water partition coefficient (Wildman–Crippen LogP) is 3.45. The average molecular weight is 421 g/mol. The van der Waals surface area contributed by atoms with Gasteiger partial charge in [-0.2, -0.15) is 0 Å². The van der Waals surface area contributed by atoms with Gasteiger partial charge in [0.2, 0.25) is 0 Å². The van der Waals surface area contributed by atoms with Crippen molar-refractivity contribution in [3.05, 3.63) is 63.9 Å². The van der Waals surface area contributed by atoms with Crippen LogP contribution in [0.3, 0.4) is 0 Å². The zero-order chi connectivity index (χ0) is 20.1. The van der Waals surface area contributed by atoms with Gasteiger partial charge in [0.15, 0.2) is 0 Å². The first-order valence-corrected chi connectivity index (χ1v) is 9.21. The summed E-state index contributed by atoms with van der Waals surface area (Å²) in [5.41, 5.74) is 2.35. The summed E-state index contributed by atoms with van der Waals surface area (Å²) in [7, 11) is 1.26. The van der Waals surface area contributed by atoms with Crippen LogP contribution in [0.4, 0.5) is 4.79 Å². The molecule has 28 heavy (non-hydrogen) atoms. The molecule has 0 saturated heterocycles. The molecule has 146 valence electrons. The molecular formula is C19H18Cl2N4O3. The van der Waals surface area contributed by atoms with Gasteiger partial charge < -0.3 is 20.4 Å². The standard InChI is InChI=1S/C19H18Cl2N4O3/c1-28-18(26)16(8-11-6-7-12(20)9-13(11)21)25-19(27)22-10-17-23-14-4-2-3-5-15(14)24-17/h2-7,9,16H,8,10H2,1H3,(H,23,24)(H2,22,25,27)/t16-/m0/s1. The monoisotopic (exact) mass is 420 g/mol. The molecule has 3 rings (SSSR count). The zero-order valence-electron chi connectivity index (χ0n) is 15.0. The molecule has 2 aromatic carbocycles. The maximum atomic E-state index is 12.3. The number of H-pyrrole nitrogens is 1. The highest BCUT2D eigenvalue weighted by molar-refractivity contribution is 6.35. The molecule has 3 N–H and O–H groups in total. The summed E-state index contributed by atoms with van der Waals surface area (Å²) in [4.78, 5) is 31.8. The predicted molar refractivity (Wildman–Crippen MR) is 107 cm³/mol. The van der Waals surface area contributed by atoms with Crippen LogP contribution in [-0.2, 0) is 22.5 Å². The van der Waals surface area contributed by atoms with Crippen LogP contribution in [0, 0.1) is 0 Å². The Balaban J connectivity index is 1.63. The highest BCUT2D eigenvalue weighted by Crippen LogP contribution is 2.22. The summed E-state index contributed by atoms with van der Waals surface area (Å²) >= 11 is 12.1. The van der Waals surface area contributed by atoms with Gasteiger partial charge in [-0.05, 0) is 29.8 Å². The maximum absolute atomic E-state index is 12.3. The van der Waals surface area contributed by atoms with Crippen molar-refractivity contribution >= 4 is 46.2 Å². The molecule has 7 nitrogen and oxygen atoms in total. The molecule has 3 aromatic rings. The number of fused-ring (bicyclic) bond motifs is 1. The Morgan fingerprint density at radius 3 is 2.71 bits per heavy atom. The molecule has 0 radical (unpaired) electrons. The molecule has 1 atom stereocenters. The van der Waals surface area contributed by atoms with Crippen LogP contribution >= 0.6 is 23.2 Å². The highest BCUT2D eigenvalue weighted by Gasteiger charge is 2.23. The van der Waals surface area contributed by atoms with E-state index in [4.69, 9.17) is 27.9 Å². The summed E-state index contributed by atoms with van der Waals surface area (Å²) in [6.07, 6.45) is 0.167.